The number of carbonyl (C=O) groups is 3. The SMILES string of the molecule is CCOc1cc(C=C2C(=O)NC(=O)NC2=O)cc(I)c1OCc1ccc(Cl)cc1Cl. The lowest BCUT2D eigenvalue weighted by Crippen LogP contribution is -2.51. The van der Waals surface area contributed by atoms with Gasteiger partial charge in [0.2, 0.25) is 0 Å². The van der Waals surface area contributed by atoms with Gasteiger partial charge in [0.15, 0.2) is 11.5 Å². The first-order valence-electron chi connectivity index (χ1n) is 8.70. The fraction of sp³-hybridized carbons (Fsp3) is 0.150. The number of hydrogen-bond acceptors (Lipinski definition) is 5. The molecular weight excluding hydrogens is 546 g/mol. The summed E-state index contributed by atoms with van der Waals surface area (Å²) in [4.78, 5) is 35.1. The van der Waals surface area contributed by atoms with Gasteiger partial charge < -0.3 is 9.47 Å². The maximum atomic E-state index is 12.0. The molecule has 0 bridgehead atoms. The van der Waals surface area contributed by atoms with Crippen molar-refractivity contribution in [3.8, 4) is 11.5 Å². The lowest BCUT2D eigenvalue weighted by Gasteiger charge is -2.17. The second kappa shape index (κ2) is 9.67. The van der Waals surface area contributed by atoms with Crippen LogP contribution in [0, 0.1) is 3.57 Å². The van der Waals surface area contributed by atoms with Crippen LogP contribution in [0.3, 0.4) is 0 Å². The summed E-state index contributed by atoms with van der Waals surface area (Å²) >= 11 is 14.2. The van der Waals surface area contributed by atoms with Crippen molar-refractivity contribution in [2.24, 2.45) is 0 Å². The molecule has 1 heterocycles. The van der Waals surface area contributed by atoms with Gasteiger partial charge in [-0.3, -0.25) is 20.2 Å². The van der Waals surface area contributed by atoms with E-state index in [0.717, 1.165) is 5.56 Å². The predicted molar refractivity (Wildman–Crippen MR) is 121 cm³/mol. The molecule has 1 saturated heterocycles. The summed E-state index contributed by atoms with van der Waals surface area (Å²) in [7, 11) is 0. The summed E-state index contributed by atoms with van der Waals surface area (Å²) in [5, 5.41) is 5.09. The number of barbiturate groups is 1. The van der Waals surface area contributed by atoms with Gasteiger partial charge in [0.25, 0.3) is 11.8 Å². The molecule has 0 aromatic heterocycles. The molecule has 0 aliphatic carbocycles. The Bertz CT molecular complexity index is 1050. The molecule has 2 N–H and O–H groups in total. The highest BCUT2D eigenvalue weighted by molar-refractivity contribution is 14.1. The van der Waals surface area contributed by atoms with Crippen LogP contribution in [0.4, 0.5) is 4.79 Å². The zero-order valence-corrected chi connectivity index (χ0v) is 19.2. The summed E-state index contributed by atoms with van der Waals surface area (Å²) in [6.07, 6.45) is 1.38. The Kier molecular flexibility index (Phi) is 7.22. The van der Waals surface area contributed by atoms with Crippen molar-refractivity contribution < 1.29 is 23.9 Å². The maximum Gasteiger partial charge on any atom is 0.328 e. The lowest BCUT2D eigenvalue weighted by molar-refractivity contribution is -0.123. The van der Waals surface area contributed by atoms with E-state index in [4.69, 9.17) is 32.7 Å². The van der Waals surface area contributed by atoms with Crippen LogP contribution < -0.4 is 20.1 Å². The third-order valence-corrected chi connectivity index (χ3v) is 5.36. The van der Waals surface area contributed by atoms with Crippen LogP contribution in [-0.4, -0.2) is 24.5 Å². The second-order valence-corrected chi connectivity index (χ2v) is 8.09. The summed E-state index contributed by atoms with van der Waals surface area (Å²) in [5.41, 5.74) is 1.11. The fourth-order valence-electron chi connectivity index (χ4n) is 2.64. The average Bonchev–Trinajstić information content (AvgIpc) is 2.65. The number of ether oxygens (including phenoxy) is 2. The Morgan fingerprint density at radius 3 is 2.37 bits per heavy atom. The topological polar surface area (TPSA) is 93.7 Å². The van der Waals surface area contributed by atoms with Gasteiger partial charge in [0.1, 0.15) is 12.2 Å². The molecule has 1 aliphatic rings. The van der Waals surface area contributed by atoms with Gasteiger partial charge in [-0.25, -0.2) is 4.79 Å². The van der Waals surface area contributed by atoms with E-state index in [-0.39, 0.29) is 12.2 Å². The molecule has 0 radical (unpaired) electrons. The zero-order chi connectivity index (χ0) is 21.8. The molecule has 1 fully saturated rings. The van der Waals surface area contributed by atoms with Crippen LogP contribution in [0.1, 0.15) is 18.1 Å². The Hall–Kier alpha value is -2.30. The fourth-order valence-corrected chi connectivity index (χ4v) is 3.88. The van der Waals surface area contributed by atoms with Crippen LogP contribution in [-0.2, 0) is 16.2 Å². The van der Waals surface area contributed by atoms with E-state index in [1.807, 2.05) is 17.6 Å². The third-order valence-electron chi connectivity index (χ3n) is 3.97. The number of urea groups is 1. The molecule has 2 aromatic carbocycles. The van der Waals surface area contributed by atoms with Gasteiger partial charge in [0.05, 0.1) is 10.2 Å². The first kappa shape index (κ1) is 22.4. The Morgan fingerprint density at radius 1 is 1.03 bits per heavy atom. The van der Waals surface area contributed by atoms with E-state index in [9.17, 15) is 14.4 Å². The van der Waals surface area contributed by atoms with Gasteiger partial charge >= 0.3 is 6.03 Å². The number of rotatable bonds is 6. The molecule has 2 aromatic rings. The molecule has 30 heavy (non-hydrogen) atoms. The summed E-state index contributed by atoms with van der Waals surface area (Å²) in [6.45, 7) is 2.40. The van der Waals surface area contributed by atoms with Gasteiger partial charge in [0, 0.05) is 15.6 Å². The highest BCUT2D eigenvalue weighted by Gasteiger charge is 2.28. The summed E-state index contributed by atoms with van der Waals surface area (Å²) in [6, 6.07) is 7.66. The maximum absolute atomic E-state index is 12.0. The van der Waals surface area contributed by atoms with E-state index in [1.165, 1.54) is 6.08 Å². The van der Waals surface area contributed by atoms with Gasteiger partial charge in [-0.05, 0) is 65.4 Å². The number of carbonyl (C=O) groups excluding carboxylic acids is 3. The van der Waals surface area contributed by atoms with Gasteiger partial charge in [-0.15, -0.1) is 0 Å². The normalized spacial score (nSPS) is 13.6. The predicted octanol–water partition coefficient (Wildman–Crippen LogP) is 4.33. The molecule has 7 nitrogen and oxygen atoms in total. The van der Waals surface area contributed by atoms with Gasteiger partial charge in [-0.2, -0.15) is 0 Å². The number of amides is 4. The first-order valence-corrected chi connectivity index (χ1v) is 10.5. The molecule has 3 rings (SSSR count). The van der Waals surface area contributed by atoms with Crippen LogP contribution >= 0.6 is 45.8 Å². The van der Waals surface area contributed by atoms with E-state index < -0.39 is 17.8 Å². The average molecular weight is 561 g/mol. The standard InChI is InChI=1S/C20H15Cl2IN2O5/c1-2-29-16-7-10(5-13-18(26)24-20(28)25-19(13)27)6-15(23)17(16)30-9-11-3-4-12(21)8-14(11)22/h3-8H,2,9H2,1H3,(H2,24,25,26,27,28). The minimum atomic E-state index is -0.851. The molecule has 0 saturated carbocycles. The third kappa shape index (κ3) is 5.24. The largest absolute Gasteiger partial charge is 0.490 e. The lowest BCUT2D eigenvalue weighted by atomic mass is 10.1. The minimum Gasteiger partial charge on any atom is -0.490 e. The van der Waals surface area contributed by atoms with Crippen molar-refractivity contribution in [1.29, 1.82) is 0 Å². The zero-order valence-electron chi connectivity index (χ0n) is 15.6. The van der Waals surface area contributed by atoms with Crippen molar-refractivity contribution in [3.63, 3.8) is 0 Å². The van der Waals surface area contributed by atoms with Crippen molar-refractivity contribution in [2.75, 3.05) is 6.61 Å². The highest BCUT2D eigenvalue weighted by Crippen LogP contribution is 2.36. The molecule has 10 heteroatoms. The Labute approximate surface area is 195 Å². The Morgan fingerprint density at radius 2 is 1.73 bits per heavy atom. The van der Waals surface area contributed by atoms with E-state index in [0.29, 0.717) is 37.3 Å². The number of halogens is 3. The van der Waals surface area contributed by atoms with Crippen molar-refractivity contribution in [2.45, 2.75) is 13.5 Å². The number of hydrogen-bond donors (Lipinski definition) is 2. The monoisotopic (exact) mass is 560 g/mol. The molecule has 156 valence electrons. The summed E-state index contributed by atoms with van der Waals surface area (Å²) in [5.74, 6) is -0.601. The van der Waals surface area contributed by atoms with E-state index >= 15 is 0 Å². The number of imide groups is 2. The molecule has 4 amide bonds. The van der Waals surface area contributed by atoms with Crippen molar-refractivity contribution in [3.05, 3.63) is 60.6 Å². The van der Waals surface area contributed by atoms with Crippen LogP contribution in [0.5, 0.6) is 11.5 Å². The van der Waals surface area contributed by atoms with Crippen LogP contribution in [0.25, 0.3) is 6.08 Å². The smallest absolute Gasteiger partial charge is 0.328 e. The van der Waals surface area contributed by atoms with Crippen LogP contribution in [0.15, 0.2) is 35.9 Å². The molecule has 1 aliphatic heterocycles. The molecule has 0 unspecified atom stereocenters. The number of benzene rings is 2. The van der Waals surface area contributed by atoms with Crippen LogP contribution in [0.2, 0.25) is 10.0 Å². The summed E-state index contributed by atoms with van der Waals surface area (Å²) < 4.78 is 12.3. The number of nitrogens with one attached hydrogen (secondary N) is 2. The van der Waals surface area contributed by atoms with Gasteiger partial charge in [-0.1, -0.05) is 29.3 Å². The van der Waals surface area contributed by atoms with E-state index in [1.54, 1.807) is 30.3 Å². The highest BCUT2D eigenvalue weighted by atomic mass is 127. The molecular formula is C20H15Cl2IN2O5. The second-order valence-electron chi connectivity index (χ2n) is 6.08. The Balaban J connectivity index is 1.90. The molecule has 0 atom stereocenters. The van der Waals surface area contributed by atoms with E-state index in [2.05, 4.69) is 22.6 Å². The van der Waals surface area contributed by atoms with Crippen molar-refractivity contribution in [1.82, 2.24) is 10.6 Å². The first-order chi connectivity index (χ1) is 14.3. The quantitative estimate of drug-likeness (QED) is 0.312. The molecule has 0 spiro atoms. The van der Waals surface area contributed by atoms with Crippen molar-refractivity contribution >= 4 is 69.7 Å². The minimum absolute atomic E-state index is 0.186.